The second kappa shape index (κ2) is 7.50. The van der Waals surface area contributed by atoms with Gasteiger partial charge in [0.25, 0.3) is 0 Å². The predicted molar refractivity (Wildman–Crippen MR) is 83.2 cm³/mol. The van der Waals surface area contributed by atoms with Crippen molar-refractivity contribution < 1.29 is 4.79 Å². The van der Waals surface area contributed by atoms with Crippen LogP contribution in [0.5, 0.6) is 0 Å². The first-order valence-corrected chi connectivity index (χ1v) is 7.30. The van der Waals surface area contributed by atoms with Gasteiger partial charge < -0.3 is 16.0 Å². The van der Waals surface area contributed by atoms with E-state index in [2.05, 4.69) is 21.2 Å². The monoisotopic (exact) mass is 327 g/mol. The normalized spacial score (nSPS) is 10.6. The first-order valence-electron chi connectivity index (χ1n) is 6.50. The molecule has 3 N–H and O–H groups in total. The molecule has 0 unspecified atom stereocenters. The molecule has 0 aromatic heterocycles. The third kappa shape index (κ3) is 4.84. The number of halogens is 1. The topological polar surface area (TPSA) is 58.4 Å². The van der Waals surface area contributed by atoms with E-state index in [-0.39, 0.29) is 11.9 Å². The van der Waals surface area contributed by atoms with E-state index >= 15 is 0 Å². The molecule has 5 heteroatoms. The lowest BCUT2D eigenvalue weighted by atomic mass is 10.1. The zero-order valence-corrected chi connectivity index (χ0v) is 13.3. The van der Waals surface area contributed by atoms with Crippen LogP contribution in [0.15, 0.2) is 22.7 Å². The van der Waals surface area contributed by atoms with Crippen molar-refractivity contribution in [2.75, 3.05) is 18.0 Å². The first kappa shape index (κ1) is 16.0. The van der Waals surface area contributed by atoms with Crippen molar-refractivity contribution >= 4 is 27.5 Å². The Morgan fingerprint density at radius 3 is 2.68 bits per heavy atom. The molecule has 0 saturated carbocycles. The first-order chi connectivity index (χ1) is 8.97. The number of rotatable bonds is 6. The summed E-state index contributed by atoms with van der Waals surface area (Å²) >= 11 is 3.46. The number of likely N-dealkylation sites (N-methyl/N-ethyl adjacent to an activating group) is 1. The Labute approximate surface area is 123 Å². The summed E-state index contributed by atoms with van der Waals surface area (Å²) in [7, 11) is 0. The lowest BCUT2D eigenvalue weighted by Crippen LogP contribution is -2.40. The lowest BCUT2D eigenvalue weighted by Gasteiger charge is -2.25. The van der Waals surface area contributed by atoms with Gasteiger partial charge in [-0.2, -0.15) is 0 Å². The van der Waals surface area contributed by atoms with E-state index in [1.807, 2.05) is 43.9 Å². The highest BCUT2D eigenvalue weighted by Gasteiger charge is 2.14. The van der Waals surface area contributed by atoms with Gasteiger partial charge in [0.1, 0.15) is 0 Å². The summed E-state index contributed by atoms with van der Waals surface area (Å²) in [6, 6.07) is 6.12. The van der Waals surface area contributed by atoms with Gasteiger partial charge in [0.05, 0.1) is 6.54 Å². The van der Waals surface area contributed by atoms with Crippen LogP contribution in [-0.4, -0.2) is 25.0 Å². The van der Waals surface area contributed by atoms with Crippen LogP contribution in [-0.2, 0) is 11.3 Å². The number of nitrogens with zero attached hydrogens (tertiary/aromatic N) is 1. The number of benzene rings is 1. The van der Waals surface area contributed by atoms with Crippen molar-refractivity contribution in [1.82, 2.24) is 5.32 Å². The molecule has 1 aromatic carbocycles. The van der Waals surface area contributed by atoms with E-state index in [0.29, 0.717) is 13.1 Å². The third-order valence-corrected chi connectivity index (χ3v) is 3.27. The van der Waals surface area contributed by atoms with Crippen LogP contribution in [0.4, 0.5) is 5.69 Å². The molecule has 0 spiro atoms. The average molecular weight is 328 g/mol. The molecule has 0 fully saturated rings. The maximum atomic E-state index is 11.9. The highest BCUT2D eigenvalue weighted by atomic mass is 79.9. The molecule has 4 nitrogen and oxygen atoms in total. The summed E-state index contributed by atoms with van der Waals surface area (Å²) in [5, 5.41) is 2.91. The predicted octanol–water partition coefficient (Wildman–Crippen LogP) is 2.26. The number of amides is 1. The van der Waals surface area contributed by atoms with Gasteiger partial charge in [-0.05, 0) is 38.5 Å². The van der Waals surface area contributed by atoms with Gasteiger partial charge in [-0.25, -0.2) is 0 Å². The Hall–Kier alpha value is -1.07. The smallest absolute Gasteiger partial charge is 0.239 e. The summed E-state index contributed by atoms with van der Waals surface area (Å²) in [4.78, 5) is 13.9. The minimum Gasteiger partial charge on any atom is -0.362 e. The fourth-order valence-electron chi connectivity index (χ4n) is 1.91. The molecular weight excluding hydrogens is 306 g/mol. The van der Waals surface area contributed by atoms with Crippen molar-refractivity contribution in [2.45, 2.75) is 33.4 Å². The molecule has 0 aliphatic carbocycles. The van der Waals surface area contributed by atoms with Gasteiger partial charge >= 0.3 is 0 Å². The van der Waals surface area contributed by atoms with Crippen LogP contribution >= 0.6 is 15.9 Å². The minimum atomic E-state index is 0.0276. The zero-order valence-electron chi connectivity index (χ0n) is 11.7. The molecule has 0 aliphatic heterocycles. The largest absolute Gasteiger partial charge is 0.362 e. The van der Waals surface area contributed by atoms with E-state index in [0.717, 1.165) is 22.3 Å². The van der Waals surface area contributed by atoms with Crippen molar-refractivity contribution in [3.63, 3.8) is 0 Å². The van der Waals surface area contributed by atoms with Gasteiger partial charge in [0.15, 0.2) is 0 Å². The van der Waals surface area contributed by atoms with E-state index in [1.165, 1.54) is 0 Å². The van der Waals surface area contributed by atoms with Crippen LogP contribution in [0.3, 0.4) is 0 Å². The highest BCUT2D eigenvalue weighted by molar-refractivity contribution is 9.10. The summed E-state index contributed by atoms with van der Waals surface area (Å²) in [6.45, 7) is 7.51. The maximum absolute atomic E-state index is 11.9. The quantitative estimate of drug-likeness (QED) is 0.842. The number of carbonyl (C=O) groups is 1. The molecular formula is C14H22BrN3O. The Morgan fingerprint density at radius 1 is 1.47 bits per heavy atom. The number of carbonyl (C=O) groups excluding carboxylic acids is 1. The van der Waals surface area contributed by atoms with Crippen molar-refractivity contribution in [3.8, 4) is 0 Å². The number of hydrogen-bond donors (Lipinski definition) is 2. The second-order valence-electron chi connectivity index (χ2n) is 4.71. The van der Waals surface area contributed by atoms with Crippen LogP contribution in [0, 0.1) is 0 Å². The Balaban J connectivity index is 2.90. The van der Waals surface area contributed by atoms with Gasteiger partial charge in [0, 0.05) is 29.3 Å². The number of nitrogens with one attached hydrogen (secondary N) is 1. The Bertz CT molecular complexity index is 435. The number of anilines is 1. The fraction of sp³-hybridized carbons (Fsp3) is 0.500. The molecule has 19 heavy (non-hydrogen) atoms. The molecule has 0 aliphatic rings. The summed E-state index contributed by atoms with van der Waals surface area (Å²) < 4.78 is 0.988. The van der Waals surface area contributed by atoms with Crippen LogP contribution in [0.25, 0.3) is 0 Å². The molecule has 1 aromatic rings. The van der Waals surface area contributed by atoms with Crippen LogP contribution in [0.1, 0.15) is 26.3 Å². The molecule has 1 amide bonds. The molecule has 0 atom stereocenters. The second-order valence-corrected chi connectivity index (χ2v) is 5.63. The number of hydrogen-bond acceptors (Lipinski definition) is 3. The number of nitrogens with two attached hydrogens (primary N) is 1. The molecule has 0 heterocycles. The van der Waals surface area contributed by atoms with Crippen molar-refractivity contribution in [2.24, 2.45) is 5.73 Å². The van der Waals surface area contributed by atoms with Crippen molar-refractivity contribution in [3.05, 3.63) is 28.2 Å². The van der Waals surface area contributed by atoms with Crippen LogP contribution in [0.2, 0.25) is 0 Å². The van der Waals surface area contributed by atoms with Gasteiger partial charge in [0.2, 0.25) is 5.91 Å². The standard InChI is InChI=1S/C14H22BrN3O/c1-4-18(9-14(19)17-10(2)3)13-7-12(15)6-5-11(13)8-16/h5-7,10H,4,8-9,16H2,1-3H3,(H,17,19). The summed E-state index contributed by atoms with van der Waals surface area (Å²) in [5.74, 6) is 0.0276. The molecule has 106 valence electrons. The van der Waals surface area contributed by atoms with Gasteiger partial charge in [-0.15, -0.1) is 0 Å². The SMILES string of the molecule is CCN(CC(=O)NC(C)C)c1cc(Br)ccc1CN. The summed E-state index contributed by atoms with van der Waals surface area (Å²) in [6.07, 6.45) is 0. The molecule has 0 radical (unpaired) electrons. The van der Waals surface area contributed by atoms with Gasteiger partial charge in [-0.3, -0.25) is 4.79 Å². The van der Waals surface area contributed by atoms with E-state index in [1.54, 1.807) is 0 Å². The fourth-order valence-corrected chi connectivity index (χ4v) is 2.26. The molecule has 1 rings (SSSR count). The highest BCUT2D eigenvalue weighted by Crippen LogP contribution is 2.24. The maximum Gasteiger partial charge on any atom is 0.239 e. The lowest BCUT2D eigenvalue weighted by molar-refractivity contribution is -0.120. The Morgan fingerprint density at radius 2 is 2.16 bits per heavy atom. The van der Waals surface area contributed by atoms with Crippen LogP contribution < -0.4 is 16.0 Å². The Kier molecular flexibility index (Phi) is 6.31. The summed E-state index contributed by atoms with van der Waals surface area (Å²) in [5.41, 5.74) is 7.82. The zero-order chi connectivity index (χ0) is 14.4. The molecule has 0 saturated heterocycles. The molecule has 0 bridgehead atoms. The third-order valence-electron chi connectivity index (χ3n) is 2.77. The van der Waals surface area contributed by atoms with E-state index in [4.69, 9.17) is 5.73 Å². The van der Waals surface area contributed by atoms with E-state index < -0.39 is 0 Å². The average Bonchev–Trinajstić information content (AvgIpc) is 2.35. The minimum absolute atomic E-state index is 0.0276. The van der Waals surface area contributed by atoms with Gasteiger partial charge in [-0.1, -0.05) is 22.0 Å². The van der Waals surface area contributed by atoms with Crippen molar-refractivity contribution in [1.29, 1.82) is 0 Å². The van der Waals surface area contributed by atoms with E-state index in [9.17, 15) is 4.79 Å².